The number of aromatic amines is 1. The maximum absolute atomic E-state index is 13.1. The van der Waals surface area contributed by atoms with Gasteiger partial charge in [-0.2, -0.15) is 22.9 Å². The number of nitrogens with one attached hydrogen (secondary N) is 1. The minimum absolute atomic E-state index is 0.261. The first-order valence-electron chi connectivity index (χ1n) is 9.27. The van der Waals surface area contributed by atoms with Crippen molar-refractivity contribution in [1.82, 2.24) is 29.7 Å². The highest BCUT2D eigenvalue weighted by Gasteiger charge is 2.40. The molecule has 0 aliphatic carbocycles. The van der Waals surface area contributed by atoms with Crippen LogP contribution in [-0.4, -0.2) is 48.7 Å². The van der Waals surface area contributed by atoms with Crippen LogP contribution < -0.4 is 0 Å². The summed E-state index contributed by atoms with van der Waals surface area (Å²) < 4.78 is 40.2. The van der Waals surface area contributed by atoms with E-state index in [4.69, 9.17) is 0 Å². The Morgan fingerprint density at radius 1 is 1.11 bits per heavy atom. The van der Waals surface area contributed by atoms with Gasteiger partial charge in [-0.15, -0.1) is 10.2 Å². The number of rotatable bonds is 1. The second-order valence-corrected chi connectivity index (χ2v) is 7.17. The van der Waals surface area contributed by atoms with Crippen LogP contribution in [0.5, 0.6) is 0 Å². The van der Waals surface area contributed by atoms with Crippen LogP contribution in [0.4, 0.5) is 13.2 Å². The van der Waals surface area contributed by atoms with Crippen molar-refractivity contribution < 1.29 is 13.2 Å². The van der Waals surface area contributed by atoms with Gasteiger partial charge in [0.1, 0.15) is 11.5 Å². The minimum Gasteiger partial charge on any atom is -0.359 e. The van der Waals surface area contributed by atoms with E-state index in [0.717, 1.165) is 41.6 Å². The van der Waals surface area contributed by atoms with Crippen LogP contribution in [-0.2, 0) is 12.6 Å². The van der Waals surface area contributed by atoms with E-state index in [1.807, 2.05) is 12.3 Å². The number of likely N-dealkylation sites (tertiary alicyclic amines) is 1. The highest BCUT2D eigenvalue weighted by atomic mass is 19.4. The molecule has 146 valence electrons. The summed E-state index contributed by atoms with van der Waals surface area (Å²) in [4.78, 5) is 9.64. The van der Waals surface area contributed by atoms with Crippen molar-refractivity contribution in [1.29, 1.82) is 0 Å². The van der Waals surface area contributed by atoms with Crippen molar-refractivity contribution >= 4 is 16.9 Å². The lowest BCUT2D eigenvalue weighted by molar-refractivity contribution is -0.147. The van der Waals surface area contributed by atoms with E-state index >= 15 is 0 Å². The molecule has 3 aromatic rings. The third-order valence-corrected chi connectivity index (χ3v) is 5.53. The van der Waals surface area contributed by atoms with E-state index in [2.05, 4.69) is 36.2 Å². The van der Waals surface area contributed by atoms with Crippen LogP contribution in [0.25, 0.3) is 11.0 Å². The standard InChI is InChI=1S/C18H18F3N7/c19-18(20,21)17-25-24-14-3-4-15(26-28(14)17)27-8-5-11(6-9-27)13-10-23-16-12(13)2-1-7-22-16/h1-2,7,10-11H,3-6,8-9H2,(H,22,23). The van der Waals surface area contributed by atoms with Gasteiger partial charge in [-0.1, -0.05) is 0 Å². The summed E-state index contributed by atoms with van der Waals surface area (Å²) >= 11 is 0. The van der Waals surface area contributed by atoms with Crippen LogP contribution in [0.3, 0.4) is 0 Å². The van der Waals surface area contributed by atoms with E-state index < -0.39 is 12.0 Å². The number of alkyl halides is 3. The highest BCUT2D eigenvalue weighted by molar-refractivity contribution is 5.83. The Morgan fingerprint density at radius 2 is 1.93 bits per heavy atom. The first kappa shape index (κ1) is 17.2. The number of halogens is 3. The van der Waals surface area contributed by atoms with Gasteiger partial charge in [-0.05, 0) is 36.5 Å². The average Bonchev–Trinajstić information content (AvgIpc) is 3.31. The molecule has 0 atom stereocenters. The first-order valence-corrected chi connectivity index (χ1v) is 9.27. The van der Waals surface area contributed by atoms with Gasteiger partial charge >= 0.3 is 6.18 Å². The molecule has 2 aliphatic heterocycles. The molecule has 28 heavy (non-hydrogen) atoms. The number of fused-ring (bicyclic) bond motifs is 2. The maximum atomic E-state index is 13.1. The second-order valence-electron chi connectivity index (χ2n) is 7.17. The van der Waals surface area contributed by atoms with Gasteiger partial charge in [0, 0.05) is 43.7 Å². The molecule has 1 fully saturated rings. The molecule has 7 nitrogen and oxygen atoms in total. The normalized spacial score (nSPS) is 18.4. The molecule has 0 unspecified atom stereocenters. The Labute approximate surface area is 158 Å². The monoisotopic (exact) mass is 389 g/mol. The minimum atomic E-state index is -4.56. The molecule has 5 rings (SSSR count). The number of H-pyrrole nitrogens is 1. The van der Waals surface area contributed by atoms with E-state index in [9.17, 15) is 13.2 Å². The maximum Gasteiger partial charge on any atom is 0.453 e. The van der Waals surface area contributed by atoms with Crippen LogP contribution >= 0.6 is 0 Å². The van der Waals surface area contributed by atoms with E-state index in [1.165, 1.54) is 5.56 Å². The predicted octanol–water partition coefficient (Wildman–Crippen LogP) is 3.16. The van der Waals surface area contributed by atoms with Gasteiger partial charge in [0.15, 0.2) is 5.82 Å². The van der Waals surface area contributed by atoms with Crippen LogP contribution in [0.1, 0.15) is 42.4 Å². The van der Waals surface area contributed by atoms with Gasteiger partial charge in [0.2, 0.25) is 0 Å². The Balaban J connectivity index is 1.34. The first-order chi connectivity index (χ1) is 13.5. The second kappa shape index (κ2) is 6.32. The van der Waals surface area contributed by atoms with Gasteiger partial charge in [0.05, 0.1) is 0 Å². The molecule has 0 aromatic carbocycles. The smallest absolute Gasteiger partial charge is 0.359 e. The summed E-state index contributed by atoms with van der Waals surface area (Å²) in [6.07, 6.45) is 2.06. The zero-order valence-corrected chi connectivity index (χ0v) is 14.9. The van der Waals surface area contributed by atoms with E-state index in [1.54, 1.807) is 6.20 Å². The van der Waals surface area contributed by atoms with Crippen molar-refractivity contribution in [3.05, 3.63) is 41.7 Å². The van der Waals surface area contributed by atoms with E-state index in [-0.39, 0.29) is 5.82 Å². The molecular weight excluding hydrogens is 371 g/mol. The molecule has 10 heteroatoms. The average molecular weight is 389 g/mol. The number of piperidine rings is 1. The lowest BCUT2D eigenvalue weighted by Crippen LogP contribution is -2.40. The summed E-state index contributed by atoms with van der Waals surface area (Å²) in [7, 11) is 0. The number of aromatic nitrogens is 5. The van der Waals surface area contributed by atoms with Crippen molar-refractivity contribution in [2.24, 2.45) is 5.10 Å². The zero-order chi connectivity index (χ0) is 19.3. The number of amidine groups is 1. The van der Waals surface area contributed by atoms with Gasteiger partial charge in [0.25, 0.3) is 5.82 Å². The lowest BCUT2D eigenvalue weighted by atomic mass is 9.89. The quantitative estimate of drug-likeness (QED) is 0.694. The third-order valence-electron chi connectivity index (χ3n) is 5.53. The van der Waals surface area contributed by atoms with Gasteiger partial charge in [-0.3, -0.25) is 0 Å². The fourth-order valence-corrected chi connectivity index (χ4v) is 4.12. The molecule has 0 amide bonds. The molecule has 0 radical (unpaired) electrons. The fourth-order valence-electron chi connectivity index (χ4n) is 4.12. The largest absolute Gasteiger partial charge is 0.453 e. The molecule has 0 saturated carbocycles. The molecule has 1 saturated heterocycles. The zero-order valence-electron chi connectivity index (χ0n) is 14.9. The van der Waals surface area contributed by atoms with Crippen molar-refractivity contribution in [3.63, 3.8) is 0 Å². The fraction of sp³-hybridized carbons (Fsp3) is 0.444. The number of aryl methyl sites for hydroxylation is 1. The Hall–Kier alpha value is -2.91. The van der Waals surface area contributed by atoms with Crippen molar-refractivity contribution in [3.8, 4) is 0 Å². The molecule has 5 heterocycles. The van der Waals surface area contributed by atoms with Crippen LogP contribution in [0.15, 0.2) is 29.6 Å². The molecule has 0 bridgehead atoms. The SMILES string of the molecule is FC(F)(F)c1nnc2n1N=C(N1CCC(c3c[nH]c4ncccc34)CC1)CC2. The summed E-state index contributed by atoms with van der Waals surface area (Å²) in [5, 5.41) is 12.3. The number of nitrogens with zero attached hydrogens (tertiary/aromatic N) is 6. The molecule has 0 spiro atoms. The summed E-state index contributed by atoms with van der Waals surface area (Å²) in [5.41, 5.74) is 2.14. The molecule has 1 N–H and O–H groups in total. The Morgan fingerprint density at radius 3 is 2.71 bits per heavy atom. The summed E-state index contributed by atoms with van der Waals surface area (Å²) in [6.45, 7) is 1.52. The number of hydrogen-bond acceptors (Lipinski definition) is 5. The van der Waals surface area contributed by atoms with Crippen molar-refractivity contribution in [2.45, 2.75) is 37.8 Å². The Kier molecular flexibility index (Phi) is 3.88. The number of hydrogen-bond donors (Lipinski definition) is 1. The molecule has 3 aromatic heterocycles. The van der Waals surface area contributed by atoms with Crippen molar-refractivity contribution in [2.75, 3.05) is 13.1 Å². The third kappa shape index (κ3) is 2.83. The summed E-state index contributed by atoms with van der Waals surface area (Å²) in [6, 6.07) is 4.00. The summed E-state index contributed by atoms with van der Waals surface area (Å²) in [5.74, 6) is 0.282. The van der Waals surface area contributed by atoms with Gasteiger partial charge < -0.3 is 9.88 Å². The van der Waals surface area contributed by atoms with Crippen LogP contribution in [0, 0.1) is 0 Å². The van der Waals surface area contributed by atoms with Gasteiger partial charge in [-0.25, -0.2) is 4.98 Å². The van der Waals surface area contributed by atoms with Crippen LogP contribution in [0.2, 0.25) is 0 Å². The molecule has 2 aliphatic rings. The Bertz CT molecular complexity index is 1040. The highest BCUT2D eigenvalue weighted by Crippen LogP contribution is 2.34. The lowest BCUT2D eigenvalue weighted by Gasteiger charge is -2.35. The number of pyridine rings is 1. The topological polar surface area (TPSA) is 75.0 Å². The molecular formula is C18H18F3N7. The predicted molar refractivity (Wildman–Crippen MR) is 95.8 cm³/mol. The van der Waals surface area contributed by atoms with E-state index in [0.29, 0.717) is 24.6 Å².